The molecule has 1 aliphatic carbocycles. The van der Waals surface area contributed by atoms with E-state index in [9.17, 15) is 9.59 Å². The van der Waals surface area contributed by atoms with E-state index < -0.39 is 0 Å². The molecule has 1 saturated carbocycles. The van der Waals surface area contributed by atoms with Gasteiger partial charge in [0.2, 0.25) is 11.8 Å². The summed E-state index contributed by atoms with van der Waals surface area (Å²) < 4.78 is 0. The predicted molar refractivity (Wildman–Crippen MR) is 91.4 cm³/mol. The van der Waals surface area contributed by atoms with Crippen molar-refractivity contribution in [1.82, 2.24) is 4.90 Å². The lowest BCUT2D eigenvalue weighted by molar-refractivity contribution is -0.152. The van der Waals surface area contributed by atoms with Crippen LogP contribution in [-0.2, 0) is 9.59 Å². The maximum absolute atomic E-state index is 12.1. The molecular weight excluding hydrogens is 274 g/mol. The highest BCUT2D eigenvalue weighted by Crippen LogP contribution is 2.46. The number of hydrogen-bond donors (Lipinski definition) is 0. The summed E-state index contributed by atoms with van der Waals surface area (Å²) in [6.07, 6.45) is 6.88. The molecule has 1 aliphatic heterocycles. The predicted octanol–water partition coefficient (Wildman–Crippen LogP) is 4.65. The SMILES string of the molecule is CC.CC1CCC2(CC(=O)N(C)C(=O)C2)CC(C)CC(C)C1. The monoisotopic (exact) mass is 309 g/mol. The Kier molecular flexibility index (Phi) is 7.08. The third kappa shape index (κ3) is 4.82. The highest BCUT2D eigenvalue weighted by molar-refractivity contribution is 5.98. The minimum atomic E-state index is -0.0571. The summed E-state index contributed by atoms with van der Waals surface area (Å²) >= 11 is 0. The van der Waals surface area contributed by atoms with Gasteiger partial charge in [-0.05, 0) is 48.9 Å². The second kappa shape index (κ2) is 8.12. The molecule has 3 heteroatoms. The van der Waals surface area contributed by atoms with Gasteiger partial charge in [-0.1, -0.05) is 41.0 Å². The molecule has 1 heterocycles. The summed E-state index contributed by atoms with van der Waals surface area (Å²) in [5, 5.41) is 0. The van der Waals surface area contributed by atoms with Crippen molar-refractivity contribution in [2.75, 3.05) is 7.05 Å². The van der Waals surface area contributed by atoms with Gasteiger partial charge in [-0.25, -0.2) is 0 Å². The Morgan fingerprint density at radius 1 is 0.909 bits per heavy atom. The van der Waals surface area contributed by atoms with Gasteiger partial charge in [0.25, 0.3) is 0 Å². The average Bonchev–Trinajstić information content (AvgIpc) is 2.48. The number of rotatable bonds is 0. The second-order valence-corrected chi connectivity index (χ2v) is 7.73. The number of likely N-dealkylation sites (tertiary alicyclic amines) is 1. The molecule has 3 atom stereocenters. The van der Waals surface area contributed by atoms with Crippen LogP contribution in [-0.4, -0.2) is 23.8 Å². The van der Waals surface area contributed by atoms with Crippen molar-refractivity contribution in [3.05, 3.63) is 0 Å². The minimum Gasteiger partial charge on any atom is -0.286 e. The molecule has 2 aliphatic rings. The largest absolute Gasteiger partial charge is 0.286 e. The minimum absolute atomic E-state index is 0.0217. The van der Waals surface area contributed by atoms with E-state index in [1.54, 1.807) is 7.05 Å². The Labute approximate surface area is 136 Å². The standard InChI is InChI=1S/C17H29NO2.C2H6/c1-12-5-6-17(9-14(3)8-13(2)7-12)10-15(19)18(4)16(20)11-17;1-2/h12-14H,5-11H2,1-4H3;1-2H3. The lowest BCUT2D eigenvalue weighted by Gasteiger charge is -2.40. The fourth-order valence-electron chi connectivity index (χ4n) is 4.47. The van der Waals surface area contributed by atoms with E-state index >= 15 is 0 Å². The van der Waals surface area contributed by atoms with Crippen molar-refractivity contribution < 1.29 is 9.59 Å². The maximum atomic E-state index is 12.1. The van der Waals surface area contributed by atoms with Gasteiger partial charge in [0.1, 0.15) is 0 Å². The van der Waals surface area contributed by atoms with Crippen LogP contribution in [0.5, 0.6) is 0 Å². The smallest absolute Gasteiger partial charge is 0.229 e. The van der Waals surface area contributed by atoms with Crippen LogP contribution in [0.15, 0.2) is 0 Å². The van der Waals surface area contributed by atoms with Gasteiger partial charge in [0.15, 0.2) is 0 Å². The fraction of sp³-hybridized carbons (Fsp3) is 0.895. The van der Waals surface area contributed by atoms with E-state index in [0.717, 1.165) is 25.2 Å². The summed E-state index contributed by atoms with van der Waals surface area (Å²) in [6.45, 7) is 11.0. The van der Waals surface area contributed by atoms with Crippen LogP contribution in [0.3, 0.4) is 0 Å². The number of nitrogens with zero attached hydrogens (tertiary/aromatic N) is 1. The van der Waals surface area contributed by atoms with Gasteiger partial charge in [-0.2, -0.15) is 0 Å². The molecule has 0 aromatic carbocycles. The number of piperidine rings is 1. The van der Waals surface area contributed by atoms with Crippen LogP contribution in [0.2, 0.25) is 0 Å². The zero-order chi connectivity index (χ0) is 16.9. The summed E-state index contributed by atoms with van der Waals surface area (Å²) in [6, 6.07) is 0. The maximum Gasteiger partial charge on any atom is 0.229 e. The first kappa shape index (κ1) is 19.2. The molecule has 22 heavy (non-hydrogen) atoms. The van der Waals surface area contributed by atoms with E-state index in [1.807, 2.05) is 13.8 Å². The van der Waals surface area contributed by atoms with Crippen molar-refractivity contribution in [3.63, 3.8) is 0 Å². The lowest BCUT2D eigenvalue weighted by Crippen LogP contribution is -2.46. The molecule has 3 nitrogen and oxygen atoms in total. The molecule has 0 N–H and O–H groups in total. The Morgan fingerprint density at radius 3 is 1.95 bits per heavy atom. The molecule has 0 aromatic heterocycles. The number of carbonyl (C=O) groups is 2. The van der Waals surface area contributed by atoms with E-state index in [2.05, 4.69) is 20.8 Å². The van der Waals surface area contributed by atoms with Crippen molar-refractivity contribution in [1.29, 1.82) is 0 Å². The lowest BCUT2D eigenvalue weighted by atomic mass is 9.68. The van der Waals surface area contributed by atoms with Crippen molar-refractivity contribution >= 4 is 11.8 Å². The zero-order valence-corrected chi connectivity index (χ0v) is 15.4. The molecule has 0 aromatic rings. The van der Waals surface area contributed by atoms with E-state index in [4.69, 9.17) is 0 Å². The van der Waals surface area contributed by atoms with E-state index in [-0.39, 0.29) is 17.2 Å². The zero-order valence-electron chi connectivity index (χ0n) is 15.4. The molecule has 0 radical (unpaired) electrons. The Hall–Kier alpha value is -0.860. The van der Waals surface area contributed by atoms with Gasteiger partial charge in [-0.15, -0.1) is 0 Å². The molecule has 2 amide bonds. The van der Waals surface area contributed by atoms with Crippen LogP contribution in [0, 0.1) is 23.2 Å². The fourth-order valence-corrected chi connectivity index (χ4v) is 4.47. The van der Waals surface area contributed by atoms with Crippen LogP contribution >= 0.6 is 0 Å². The van der Waals surface area contributed by atoms with Crippen LogP contribution in [0.1, 0.15) is 79.6 Å². The van der Waals surface area contributed by atoms with Crippen molar-refractivity contribution in [3.8, 4) is 0 Å². The molecule has 1 saturated heterocycles. The third-order valence-electron chi connectivity index (χ3n) is 5.36. The summed E-state index contributed by atoms with van der Waals surface area (Å²) in [4.78, 5) is 25.6. The van der Waals surface area contributed by atoms with Gasteiger partial charge in [0.05, 0.1) is 0 Å². The van der Waals surface area contributed by atoms with E-state index in [1.165, 1.54) is 17.7 Å². The molecule has 2 fully saturated rings. The van der Waals surface area contributed by atoms with Crippen molar-refractivity contribution in [2.24, 2.45) is 23.2 Å². The highest BCUT2D eigenvalue weighted by Gasteiger charge is 2.43. The Balaban J connectivity index is 0.00000116. The first-order valence-corrected chi connectivity index (χ1v) is 9.11. The quantitative estimate of drug-likeness (QED) is 0.611. The molecule has 0 bridgehead atoms. The van der Waals surface area contributed by atoms with E-state index in [0.29, 0.717) is 24.7 Å². The normalized spacial score (nSPS) is 32.6. The van der Waals surface area contributed by atoms with Gasteiger partial charge in [-0.3, -0.25) is 14.5 Å². The number of carbonyl (C=O) groups excluding carboxylic acids is 2. The van der Waals surface area contributed by atoms with Crippen molar-refractivity contribution in [2.45, 2.75) is 79.6 Å². The van der Waals surface area contributed by atoms with Gasteiger partial charge < -0.3 is 0 Å². The van der Waals surface area contributed by atoms with Crippen LogP contribution in [0.4, 0.5) is 0 Å². The second-order valence-electron chi connectivity index (χ2n) is 7.73. The molecular formula is C19H35NO2. The first-order chi connectivity index (χ1) is 10.3. The topological polar surface area (TPSA) is 37.4 Å². The first-order valence-electron chi connectivity index (χ1n) is 9.11. The summed E-state index contributed by atoms with van der Waals surface area (Å²) in [5.74, 6) is 2.12. The highest BCUT2D eigenvalue weighted by atomic mass is 16.2. The Morgan fingerprint density at radius 2 is 1.41 bits per heavy atom. The van der Waals surface area contributed by atoms with Gasteiger partial charge >= 0.3 is 0 Å². The van der Waals surface area contributed by atoms with Crippen LogP contribution in [0.25, 0.3) is 0 Å². The summed E-state index contributed by atoms with van der Waals surface area (Å²) in [5.41, 5.74) is -0.0571. The van der Waals surface area contributed by atoms with Gasteiger partial charge in [0, 0.05) is 19.9 Å². The molecule has 3 unspecified atom stereocenters. The third-order valence-corrected chi connectivity index (χ3v) is 5.36. The summed E-state index contributed by atoms with van der Waals surface area (Å²) in [7, 11) is 1.63. The number of hydrogen-bond acceptors (Lipinski definition) is 2. The number of amides is 2. The van der Waals surface area contributed by atoms with Crippen LogP contribution < -0.4 is 0 Å². The number of imide groups is 1. The molecule has 128 valence electrons. The Bertz CT molecular complexity index is 373. The molecule has 1 spiro atoms. The average molecular weight is 309 g/mol. The molecule has 2 rings (SSSR count).